The van der Waals surface area contributed by atoms with E-state index in [1.807, 2.05) is 0 Å². The number of nitrogens with one attached hydrogen (secondary N) is 1. The van der Waals surface area contributed by atoms with Gasteiger partial charge in [0.2, 0.25) is 5.91 Å². The van der Waals surface area contributed by atoms with E-state index in [0.717, 1.165) is 6.08 Å². The van der Waals surface area contributed by atoms with E-state index in [-0.39, 0.29) is 23.7 Å². The maximum absolute atomic E-state index is 10.7. The monoisotopic (exact) mass is 153 g/mol. The minimum Gasteiger partial charge on any atom is -0.323 e. The Kier molecular flexibility index (Phi) is 1.85. The Balaban J connectivity index is 2.89. The van der Waals surface area contributed by atoms with E-state index in [9.17, 15) is 14.4 Å². The van der Waals surface area contributed by atoms with Gasteiger partial charge in [0, 0.05) is 13.0 Å². The lowest BCUT2D eigenvalue weighted by molar-refractivity contribution is -0.128. The van der Waals surface area contributed by atoms with Gasteiger partial charge in [-0.2, -0.15) is 0 Å². The summed E-state index contributed by atoms with van der Waals surface area (Å²) in [6, 6.07) is 0. The van der Waals surface area contributed by atoms with Crippen molar-refractivity contribution in [2.75, 3.05) is 0 Å². The molecule has 0 spiro atoms. The maximum Gasteiger partial charge on any atom is 0.232 e. The standard InChI is InChI=1S/C7H7NO3/c1-4(9)6-2-5(10)3-7(11)8-6/h2H,3H2,1H3,(H,8,11). The Hall–Kier alpha value is -1.45. The molecule has 1 aliphatic heterocycles. The summed E-state index contributed by atoms with van der Waals surface area (Å²) in [6.45, 7) is 1.30. The second-order valence-electron chi connectivity index (χ2n) is 2.31. The van der Waals surface area contributed by atoms with Crippen molar-refractivity contribution in [2.45, 2.75) is 13.3 Å². The highest BCUT2D eigenvalue weighted by atomic mass is 16.2. The molecule has 0 bridgehead atoms. The predicted molar refractivity (Wildman–Crippen MR) is 36.5 cm³/mol. The fraction of sp³-hybridized carbons (Fsp3) is 0.286. The van der Waals surface area contributed by atoms with E-state index < -0.39 is 5.91 Å². The summed E-state index contributed by atoms with van der Waals surface area (Å²) in [5.74, 6) is -1.03. The van der Waals surface area contributed by atoms with Crippen LogP contribution in [0.1, 0.15) is 13.3 Å². The molecule has 1 heterocycles. The highest BCUT2D eigenvalue weighted by Gasteiger charge is 2.18. The van der Waals surface area contributed by atoms with Gasteiger partial charge in [-0.3, -0.25) is 14.4 Å². The quantitative estimate of drug-likeness (QED) is 0.519. The van der Waals surface area contributed by atoms with Crippen LogP contribution < -0.4 is 5.32 Å². The molecule has 0 aliphatic carbocycles. The molecule has 0 aromatic heterocycles. The van der Waals surface area contributed by atoms with Crippen LogP contribution in [0.5, 0.6) is 0 Å². The first kappa shape index (κ1) is 7.65. The zero-order chi connectivity index (χ0) is 8.43. The average Bonchev–Trinajstić information content (AvgIpc) is 1.85. The summed E-state index contributed by atoms with van der Waals surface area (Å²) in [4.78, 5) is 32.0. The van der Waals surface area contributed by atoms with Crippen LogP contribution in [0.4, 0.5) is 0 Å². The van der Waals surface area contributed by atoms with E-state index in [4.69, 9.17) is 0 Å². The molecule has 1 rings (SSSR count). The summed E-state index contributed by atoms with van der Waals surface area (Å²) in [7, 11) is 0. The lowest BCUT2D eigenvalue weighted by atomic mass is 10.1. The van der Waals surface area contributed by atoms with Crippen LogP contribution in [0.2, 0.25) is 0 Å². The molecule has 4 heteroatoms. The second-order valence-corrected chi connectivity index (χ2v) is 2.31. The van der Waals surface area contributed by atoms with Crippen molar-refractivity contribution >= 4 is 17.5 Å². The Morgan fingerprint density at radius 2 is 2.18 bits per heavy atom. The first-order valence-electron chi connectivity index (χ1n) is 3.15. The van der Waals surface area contributed by atoms with Crippen molar-refractivity contribution < 1.29 is 14.4 Å². The molecule has 1 aliphatic rings. The van der Waals surface area contributed by atoms with E-state index in [2.05, 4.69) is 5.32 Å². The van der Waals surface area contributed by atoms with Crippen LogP contribution in [0.25, 0.3) is 0 Å². The summed E-state index contributed by atoms with van der Waals surface area (Å²) >= 11 is 0. The number of carbonyl (C=O) groups excluding carboxylic acids is 3. The van der Waals surface area contributed by atoms with Gasteiger partial charge in [0.05, 0.1) is 12.1 Å². The molecule has 0 radical (unpaired) electrons. The number of hydrogen-bond acceptors (Lipinski definition) is 3. The molecule has 1 amide bonds. The third kappa shape index (κ3) is 1.73. The maximum atomic E-state index is 10.7. The second kappa shape index (κ2) is 2.65. The number of hydrogen-bond donors (Lipinski definition) is 1. The summed E-state index contributed by atoms with van der Waals surface area (Å²) in [6.07, 6.45) is 1.00. The van der Waals surface area contributed by atoms with Crippen molar-refractivity contribution in [3.8, 4) is 0 Å². The Morgan fingerprint density at radius 1 is 1.55 bits per heavy atom. The molecule has 4 nitrogen and oxygen atoms in total. The number of rotatable bonds is 1. The lowest BCUT2D eigenvalue weighted by Gasteiger charge is -2.09. The zero-order valence-electron chi connectivity index (χ0n) is 6.01. The molecule has 0 saturated heterocycles. The highest BCUT2D eigenvalue weighted by molar-refractivity contribution is 6.13. The van der Waals surface area contributed by atoms with Crippen molar-refractivity contribution in [1.29, 1.82) is 0 Å². The lowest BCUT2D eigenvalue weighted by Crippen LogP contribution is -2.32. The molecule has 58 valence electrons. The van der Waals surface area contributed by atoms with Crippen LogP contribution in [-0.4, -0.2) is 17.5 Å². The van der Waals surface area contributed by atoms with Gasteiger partial charge in [-0.15, -0.1) is 0 Å². The van der Waals surface area contributed by atoms with Crippen LogP contribution in [0.3, 0.4) is 0 Å². The molecule has 0 fully saturated rings. The number of allylic oxidation sites excluding steroid dienone is 2. The van der Waals surface area contributed by atoms with E-state index >= 15 is 0 Å². The number of amides is 1. The van der Waals surface area contributed by atoms with Gasteiger partial charge in [0.1, 0.15) is 0 Å². The molecular formula is C7H7NO3. The van der Waals surface area contributed by atoms with Gasteiger partial charge in [0.25, 0.3) is 0 Å². The smallest absolute Gasteiger partial charge is 0.232 e. The molecule has 0 aromatic rings. The normalized spacial score (nSPS) is 17.4. The van der Waals surface area contributed by atoms with Crippen molar-refractivity contribution in [2.24, 2.45) is 0 Å². The Bertz CT molecular complexity index is 265. The first-order valence-corrected chi connectivity index (χ1v) is 3.15. The molecule has 11 heavy (non-hydrogen) atoms. The van der Waals surface area contributed by atoms with Crippen molar-refractivity contribution in [3.05, 3.63) is 11.8 Å². The van der Waals surface area contributed by atoms with Gasteiger partial charge in [-0.1, -0.05) is 0 Å². The summed E-state index contributed by atoms with van der Waals surface area (Å²) < 4.78 is 0. The van der Waals surface area contributed by atoms with E-state index in [1.54, 1.807) is 0 Å². The molecule has 1 N–H and O–H groups in total. The zero-order valence-corrected chi connectivity index (χ0v) is 6.01. The average molecular weight is 153 g/mol. The third-order valence-electron chi connectivity index (χ3n) is 1.29. The topological polar surface area (TPSA) is 63.2 Å². The SMILES string of the molecule is CC(=O)C1=CC(=O)CC(=O)N1. The van der Waals surface area contributed by atoms with Crippen LogP contribution in [0.15, 0.2) is 11.8 Å². The Labute approximate surface area is 63.3 Å². The minimum absolute atomic E-state index is 0.0891. The number of Topliss-reactive ketones (excluding diaryl/α,β-unsaturated/α-hetero) is 1. The van der Waals surface area contributed by atoms with Gasteiger partial charge in [0.15, 0.2) is 11.6 Å². The molecule has 0 aromatic carbocycles. The molecule has 0 unspecified atom stereocenters. The third-order valence-corrected chi connectivity index (χ3v) is 1.29. The first-order chi connectivity index (χ1) is 5.09. The fourth-order valence-electron chi connectivity index (χ4n) is 0.790. The molecular weight excluding hydrogens is 146 g/mol. The minimum atomic E-state index is -0.414. The van der Waals surface area contributed by atoms with Crippen LogP contribution in [0, 0.1) is 0 Å². The van der Waals surface area contributed by atoms with Gasteiger partial charge >= 0.3 is 0 Å². The van der Waals surface area contributed by atoms with Gasteiger partial charge in [-0.25, -0.2) is 0 Å². The van der Waals surface area contributed by atoms with Gasteiger partial charge < -0.3 is 5.32 Å². The van der Waals surface area contributed by atoms with E-state index in [1.165, 1.54) is 6.92 Å². The highest BCUT2D eigenvalue weighted by Crippen LogP contribution is 2.01. The largest absolute Gasteiger partial charge is 0.323 e. The molecule has 0 atom stereocenters. The summed E-state index contributed by atoms with van der Waals surface area (Å²) in [5.41, 5.74) is 0.0891. The Morgan fingerprint density at radius 3 is 2.64 bits per heavy atom. The van der Waals surface area contributed by atoms with Crippen molar-refractivity contribution in [1.82, 2.24) is 5.32 Å². The number of carbonyl (C=O) groups is 3. The van der Waals surface area contributed by atoms with Crippen LogP contribution in [-0.2, 0) is 14.4 Å². The van der Waals surface area contributed by atoms with Gasteiger partial charge in [-0.05, 0) is 0 Å². The predicted octanol–water partition coefficient (Wildman–Crippen LogP) is -0.452. The molecule has 0 saturated carbocycles. The summed E-state index contributed by atoms with van der Waals surface area (Å²) in [5, 5.41) is 2.30. The number of ketones is 2. The van der Waals surface area contributed by atoms with Crippen molar-refractivity contribution in [3.63, 3.8) is 0 Å². The van der Waals surface area contributed by atoms with E-state index in [0.29, 0.717) is 0 Å². The van der Waals surface area contributed by atoms with Crippen LogP contribution >= 0.6 is 0 Å². The fourth-order valence-corrected chi connectivity index (χ4v) is 0.790.